The van der Waals surface area contributed by atoms with E-state index in [0.717, 1.165) is 12.8 Å². The summed E-state index contributed by atoms with van der Waals surface area (Å²) in [6.45, 7) is 0.264. The van der Waals surface area contributed by atoms with Gasteiger partial charge in [0, 0.05) is 0 Å². The van der Waals surface area contributed by atoms with Crippen LogP contribution < -0.4 is 0 Å². The third-order valence-electron chi connectivity index (χ3n) is 2.94. The molecule has 0 aliphatic heterocycles. The van der Waals surface area contributed by atoms with Gasteiger partial charge in [0.15, 0.2) is 0 Å². The van der Waals surface area contributed by atoms with Gasteiger partial charge in [-0.1, -0.05) is 18.2 Å². The SMILES string of the molecule is OCC1=CCC2(C=CC2)CC1. The number of rotatable bonds is 1. The van der Waals surface area contributed by atoms with Crippen molar-refractivity contribution in [3.05, 3.63) is 23.8 Å². The van der Waals surface area contributed by atoms with Crippen LogP contribution in [0.2, 0.25) is 0 Å². The number of hydrogen-bond acceptors (Lipinski definition) is 1. The van der Waals surface area contributed by atoms with Gasteiger partial charge in [0.1, 0.15) is 0 Å². The van der Waals surface area contributed by atoms with Crippen LogP contribution in [0.1, 0.15) is 25.7 Å². The van der Waals surface area contributed by atoms with E-state index < -0.39 is 0 Å². The summed E-state index contributed by atoms with van der Waals surface area (Å²) in [5.41, 5.74) is 1.74. The molecule has 0 aromatic carbocycles. The first kappa shape index (κ1) is 7.11. The molecular weight excluding hydrogens is 136 g/mol. The molecule has 2 rings (SSSR count). The highest BCUT2D eigenvalue weighted by Crippen LogP contribution is 2.45. The van der Waals surface area contributed by atoms with Crippen LogP contribution in [0.4, 0.5) is 0 Å². The van der Waals surface area contributed by atoms with Crippen LogP contribution >= 0.6 is 0 Å². The van der Waals surface area contributed by atoms with E-state index >= 15 is 0 Å². The lowest BCUT2D eigenvalue weighted by molar-refractivity contribution is 0.279. The molecule has 1 N–H and O–H groups in total. The van der Waals surface area contributed by atoms with Gasteiger partial charge in [-0.05, 0) is 36.7 Å². The highest BCUT2D eigenvalue weighted by Gasteiger charge is 2.32. The topological polar surface area (TPSA) is 20.2 Å². The molecule has 1 heteroatoms. The maximum Gasteiger partial charge on any atom is 0.0641 e. The molecule has 1 unspecified atom stereocenters. The maximum atomic E-state index is 8.87. The van der Waals surface area contributed by atoms with Gasteiger partial charge in [0.2, 0.25) is 0 Å². The van der Waals surface area contributed by atoms with Gasteiger partial charge in [0.05, 0.1) is 6.61 Å². The second-order valence-corrected chi connectivity index (χ2v) is 3.69. The minimum atomic E-state index is 0.264. The predicted octanol–water partition coefficient (Wildman–Crippen LogP) is 2.04. The summed E-state index contributed by atoms with van der Waals surface area (Å²) in [6.07, 6.45) is 11.5. The Hall–Kier alpha value is -0.560. The minimum absolute atomic E-state index is 0.264. The van der Waals surface area contributed by atoms with Crippen LogP contribution in [-0.4, -0.2) is 11.7 Å². The third-order valence-corrected chi connectivity index (χ3v) is 2.94. The molecule has 0 fully saturated rings. The zero-order valence-corrected chi connectivity index (χ0v) is 6.71. The van der Waals surface area contributed by atoms with Crippen LogP contribution in [0, 0.1) is 5.41 Å². The first-order valence-corrected chi connectivity index (χ1v) is 4.31. The van der Waals surface area contributed by atoms with Gasteiger partial charge in [-0.25, -0.2) is 0 Å². The number of aliphatic hydroxyl groups is 1. The van der Waals surface area contributed by atoms with E-state index in [1.165, 1.54) is 18.4 Å². The largest absolute Gasteiger partial charge is 0.392 e. The highest BCUT2D eigenvalue weighted by molar-refractivity contribution is 5.21. The summed E-state index contributed by atoms with van der Waals surface area (Å²) < 4.78 is 0. The molecule has 1 nitrogen and oxygen atoms in total. The molecule has 0 bridgehead atoms. The maximum absolute atomic E-state index is 8.87. The number of allylic oxidation sites excluding steroid dienone is 3. The van der Waals surface area contributed by atoms with Crippen LogP contribution in [0.15, 0.2) is 23.8 Å². The molecule has 2 aliphatic carbocycles. The number of hydrogen-bond donors (Lipinski definition) is 1. The molecule has 60 valence electrons. The zero-order chi connectivity index (χ0) is 7.73. The van der Waals surface area contributed by atoms with E-state index in [0.29, 0.717) is 5.41 Å². The summed E-state index contributed by atoms with van der Waals surface area (Å²) in [5.74, 6) is 0. The van der Waals surface area contributed by atoms with Crippen molar-refractivity contribution in [3.8, 4) is 0 Å². The summed E-state index contributed by atoms with van der Waals surface area (Å²) in [4.78, 5) is 0. The first-order chi connectivity index (χ1) is 5.35. The van der Waals surface area contributed by atoms with E-state index in [2.05, 4.69) is 18.2 Å². The number of aliphatic hydroxyl groups excluding tert-OH is 1. The van der Waals surface area contributed by atoms with Crippen molar-refractivity contribution in [2.75, 3.05) is 6.61 Å². The molecule has 0 radical (unpaired) electrons. The lowest BCUT2D eigenvalue weighted by atomic mass is 9.67. The fourth-order valence-electron chi connectivity index (χ4n) is 1.89. The lowest BCUT2D eigenvalue weighted by Gasteiger charge is -2.38. The van der Waals surface area contributed by atoms with Crippen LogP contribution in [0.5, 0.6) is 0 Å². The molecule has 0 saturated carbocycles. The Labute approximate surface area is 67.4 Å². The zero-order valence-electron chi connectivity index (χ0n) is 6.71. The molecular formula is C10H14O. The van der Waals surface area contributed by atoms with Gasteiger partial charge >= 0.3 is 0 Å². The average molecular weight is 150 g/mol. The Morgan fingerprint density at radius 2 is 2.27 bits per heavy atom. The predicted molar refractivity (Wildman–Crippen MR) is 45.2 cm³/mol. The second-order valence-electron chi connectivity index (χ2n) is 3.69. The van der Waals surface area contributed by atoms with Crippen LogP contribution in [-0.2, 0) is 0 Å². The summed E-state index contributed by atoms with van der Waals surface area (Å²) in [5, 5.41) is 8.87. The monoisotopic (exact) mass is 150 g/mol. The van der Waals surface area contributed by atoms with Crippen molar-refractivity contribution >= 4 is 0 Å². The van der Waals surface area contributed by atoms with Crippen molar-refractivity contribution in [2.45, 2.75) is 25.7 Å². The van der Waals surface area contributed by atoms with E-state index in [9.17, 15) is 0 Å². The molecule has 0 aromatic heterocycles. The van der Waals surface area contributed by atoms with Crippen LogP contribution in [0.3, 0.4) is 0 Å². The van der Waals surface area contributed by atoms with Crippen molar-refractivity contribution in [3.63, 3.8) is 0 Å². The summed E-state index contributed by atoms with van der Waals surface area (Å²) in [6, 6.07) is 0. The Kier molecular flexibility index (Phi) is 1.61. The van der Waals surface area contributed by atoms with Crippen molar-refractivity contribution in [1.82, 2.24) is 0 Å². The Morgan fingerprint density at radius 3 is 2.64 bits per heavy atom. The quantitative estimate of drug-likeness (QED) is 0.567. The smallest absolute Gasteiger partial charge is 0.0641 e. The molecule has 0 aromatic rings. The van der Waals surface area contributed by atoms with Gasteiger partial charge < -0.3 is 5.11 Å². The molecule has 0 saturated heterocycles. The Morgan fingerprint density at radius 1 is 1.45 bits per heavy atom. The van der Waals surface area contributed by atoms with E-state index in [1.807, 2.05) is 0 Å². The van der Waals surface area contributed by atoms with Crippen molar-refractivity contribution < 1.29 is 5.11 Å². The van der Waals surface area contributed by atoms with Crippen molar-refractivity contribution in [2.24, 2.45) is 5.41 Å². The molecule has 1 atom stereocenters. The van der Waals surface area contributed by atoms with Gasteiger partial charge in [0.25, 0.3) is 0 Å². The Bertz CT molecular complexity index is 215. The normalized spacial score (nSPS) is 35.2. The fraction of sp³-hybridized carbons (Fsp3) is 0.600. The molecule has 1 spiro atoms. The third kappa shape index (κ3) is 1.14. The van der Waals surface area contributed by atoms with Gasteiger partial charge in [-0.3, -0.25) is 0 Å². The second kappa shape index (κ2) is 2.49. The van der Waals surface area contributed by atoms with Gasteiger partial charge in [-0.15, -0.1) is 0 Å². The molecule has 11 heavy (non-hydrogen) atoms. The standard InChI is InChI=1S/C10H14O/c11-8-9-2-6-10(7-3-9)4-1-5-10/h1-2,4,11H,3,5-8H2. The average Bonchev–Trinajstić information content (AvgIpc) is 2.02. The van der Waals surface area contributed by atoms with Crippen molar-refractivity contribution in [1.29, 1.82) is 0 Å². The lowest BCUT2D eigenvalue weighted by Crippen LogP contribution is -2.25. The Balaban J connectivity index is 2.04. The molecule has 2 aliphatic rings. The summed E-state index contributed by atoms with van der Waals surface area (Å²) in [7, 11) is 0. The van der Waals surface area contributed by atoms with E-state index in [-0.39, 0.29) is 6.61 Å². The molecule has 0 amide bonds. The summed E-state index contributed by atoms with van der Waals surface area (Å²) >= 11 is 0. The first-order valence-electron chi connectivity index (χ1n) is 4.31. The van der Waals surface area contributed by atoms with Crippen LogP contribution in [0.25, 0.3) is 0 Å². The van der Waals surface area contributed by atoms with E-state index in [4.69, 9.17) is 5.11 Å². The fourth-order valence-corrected chi connectivity index (χ4v) is 1.89. The van der Waals surface area contributed by atoms with Gasteiger partial charge in [-0.2, -0.15) is 0 Å². The van der Waals surface area contributed by atoms with E-state index in [1.54, 1.807) is 0 Å². The molecule has 0 heterocycles. The minimum Gasteiger partial charge on any atom is -0.392 e. The highest BCUT2D eigenvalue weighted by atomic mass is 16.3.